The van der Waals surface area contributed by atoms with Crippen LogP contribution in [-0.2, 0) is 6.42 Å². The first-order valence-electron chi connectivity index (χ1n) is 7.60. The van der Waals surface area contributed by atoms with Crippen LogP contribution in [0.4, 0.5) is 0 Å². The van der Waals surface area contributed by atoms with Gasteiger partial charge in [-0.2, -0.15) is 5.26 Å². The molecule has 0 fully saturated rings. The number of aryl methyl sites for hydroxylation is 1. The van der Waals surface area contributed by atoms with Crippen molar-refractivity contribution in [1.29, 1.82) is 5.26 Å². The van der Waals surface area contributed by atoms with Gasteiger partial charge in [0.05, 0.1) is 23.9 Å². The van der Waals surface area contributed by atoms with Gasteiger partial charge in [0.15, 0.2) is 0 Å². The van der Waals surface area contributed by atoms with Gasteiger partial charge in [-0.15, -0.1) is 0 Å². The van der Waals surface area contributed by atoms with Crippen molar-refractivity contribution in [2.75, 3.05) is 0 Å². The average Bonchev–Trinajstić information content (AvgIpc) is 2.95. The molecular weight excluding hydrogens is 282 g/mol. The Morgan fingerprint density at radius 1 is 1.04 bits per heavy atom. The lowest BCUT2D eigenvalue weighted by Crippen LogP contribution is -1.94. The number of nitrogens with zero attached hydrogens (tertiary/aromatic N) is 3. The van der Waals surface area contributed by atoms with Crippen molar-refractivity contribution in [3.8, 4) is 17.3 Å². The summed E-state index contributed by atoms with van der Waals surface area (Å²) in [7, 11) is 0. The van der Waals surface area contributed by atoms with Crippen molar-refractivity contribution in [3.05, 3.63) is 72.1 Å². The van der Waals surface area contributed by atoms with E-state index in [1.165, 1.54) is 10.8 Å². The van der Waals surface area contributed by atoms with Crippen LogP contribution >= 0.6 is 0 Å². The highest BCUT2D eigenvalue weighted by molar-refractivity contribution is 5.87. The van der Waals surface area contributed by atoms with E-state index in [9.17, 15) is 5.26 Å². The maximum Gasteiger partial charge on any atom is 0.140 e. The monoisotopic (exact) mass is 297 g/mol. The molecule has 0 N–H and O–H groups in total. The van der Waals surface area contributed by atoms with Crippen molar-refractivity contribution in [2.45, 2.75) is 13.3 Å². The maximum absolute atomic E-state index is 9.22. The second-order valence-electron chi connectivity index (χ2n) is 5.69. The van der Waals surface area contributed by atoms with Crippen LogP contribution in [0, 0.1) is 18.3 Å². The van der Waals surface area contributed by atoms with Gasteiger partial charge in [0, 0.05) is 11.8 Å². The van der Waals surface area contributed by atoms with Gasteiger partial charge in [-0.25, -0.2) is 4.98 Å². The van der Waals surface area contributed by atoms with E-state index in [1.807, 2.05) is 41.8 Å². The fourth-order valence-electron chi connectivity index (χ4n) is 3.06. The highest BCUT2D eigenvalue weighted by Crippen LogP contribution is 2.28. The normalized spacial score (nSPS) is 11.0. The number of benzene rings is 2. The van der Waals surface area contributed by atoms with Gasteiger partial charge < -0.3 is 4.40 Å². The summed E-state index contributed by atoms with van der Waals surface area (Å²) in [5.41, 5.74) is 4.92. The molecule has 4 rings (SSSR count). The van der Waals surface area contributed by atoms with Crippen LogP contribution < -0.4 is 0 Å². The van der Waals surface area contributed by atoms with Crippen LogP contribution in [0.15, 0.2) is 60.8 Å². The Morgan fingerprint density at radius 2 is 1.87 bits per heavy atom. The summed E-state index contributed by atoms with van der Waals surface area (Å²) in [4.78, 5) is 4.82. The molecule has 2 aromatic carbocycles. The van der Waals surface area contributed by atoms with Gasteiger partial charge >= 0.3 is 0 Å². The molecule has 110 valence electrons. The molecule has 0 unspecified atom stereocenters. The van der Waals surface area contributed by atoms with Crippen LogP contribution in [0.25, 0.3) is 27.7 Å². The predicted octanol–water partition coefficient (Wildman–Crippen LogP) is 4.53. The number of imidazole rings is 1. The van der Waals surface area contributed by atoms with E-state index in [-0.39, 0.29) is 0 Å². The van der Waals surface area contributed by atoms with Crippen molar-refractivity contribution in [3.63, 3.8) is 0 Å². The summed E-state index contributed by atoms with van der Waals surface area (Å²) in [6, 6.07) is 20.9. The Bertz CT molecular complexity index is 1070. The first-order chi connectivity index (χ1) is 11.3. The predicted molar refractivity (Wildman–Crippen MR) is 92.2 cm³/mol. The quantitative estimate of drug-likeness (QED) is 0.545. The van der Waals surface area contributed by atoms with E-state index in [0.717, 1.165) is 28.2 Å². The average molecular weight is 297 g/mol. The van der Waals surface area contributed by atoms with E-state index in [1.54, 1.807) is 0 Å². The molecule has 0 saturated heterocycles. The van der Waals surface area contributed by atoms with Crippen LogP contribution in [-0.4, -0.2) is 9.38 Å². The minimum absolute atomic E-state index is 0.340. The standard InChI is InChI=1S/C20H15N3/c1-14-5-4-12-23-18(10-11-21)19(22-20(14)23)17-9-8-15-6-2-3-7-16(15)13-17/h2-9,12-13H,10H2,1H3. The lowest BCUT2D eigenvalue weighted by Gasteiger charge is -2.04. The summed E-state index contributed by atoms with van der Waals surface area (Å²) in [6.07, 6.45) is 2.32. The Morgan fingerprint density at radius 3 is 2.70 bits per heavy atom. The third-order valence-corrected chi connectivity index (χ3v) is 4.21. The Kier molecular flexibility index (Phi) is 3.09. The van der Waals surface area contributed by atoms with Crippen molar-refractivity contribution >= 4 is 16.4 Å². The highest BCUT2D eigenvalue weighted by Gasteiger charge is 2.15. The zero-order valence-corrected chi connectivity index (χ0v) is 12.8. The lowest BCUT2D eigenvalue weighted by atomic mass is 10.0. The van der Waals surface area contributed by atoms with Crippen LogP contribution in [0.3, 0.4) is 0 Å². The molecule has 0 spiro atoms. The van der Waals surface area contributed by atoms with Crippen molar-refractivity contribution in [1.82, 2.24) is 9.38 Å². The van der Waals surface area contributed by atoms with E-state index in [2.05, 4.69) is 36.4 Å². The fourth-order valence-corrected chi connectivity index (χ4v) is 3.06. The highest BCUT2D eigenvalue weighted by atomic mass is 15.0. The SMILES string of the molecule is Cc1cccn2c(CC#N)c(-c3ccc4ccccc4c3)nc12. The number of nitriles is 1. The Balaban J connectivity index is 2.01. The molecular formula is C20H15N3. The van der Waals surface area contributed by atoms with Crippen LogP contribution in [0.5, 0.6) is 0 Å². The number of fused-ring (bicyclic) bond motifs is 2. The number of rotatable bonds is 2. The number of hydrogen-bond acceptors (Lipinski definition) is 2. The largest absolute Gasteiger partial charge is 0.302 e. The summed E-state index contributed by atoms with van der Waals surface area (Å²) < 4.78 is 2.03. The second-order valence-corrected chi connectivity index (χ2v) is 5.69. The van der Waals surface area contributed by atoms with E-state index >= 15 is 0 Å². The molecule has 0 aliphatic carbocycles. The summed E-state index contributed by atoms with van der Waals surface area (Å²) in [6.45, 7) is 2.04. The number of aromatic nitrogens is 2. The molecule has 23 heavy (non-hydrogen) atoms. The summed E-state index contributed by atoms with van der Waals surface area (Å²) in [5.74, 6) is 0. The third kappa shape index (κ3) is 2.16. The number of hydrogen-bond donors (Lipinski definition) is 0. The summed E-state index contributed by atoms with van der Waals surface area (Å²) >= 11 is 0. The van der Waals surface area contributed by atoms with Gasteiger partial charge in [-0.3, -0.25) is 0 Å². The Hall–Kier alpha value is -3.12. The topological polar surface area (TPSA) is 41.1 Å². The van der Waals surface area contributed by atoms with Gasteiger partial charge in [0.1, 0.15) is 5.65 Å². The van der Waals surface area contributed by atoms with E-state index < -0.39 is 0 Å². The molecule has 4 aromatic rings. The maximum atomic E-state index is 9.22. The van der Waals surface area contributed by atoms with Gasteiger partial charge in [0.25, 0.3) is 0 Å². The molecule has 0 aliphatic rings. The molecule has 2 heterocycles. The van der Waals surface area contributed by atoms with E-state index in [4.69, 9.17) is 4.98 Å². The second kappa shape index (κ2) is 5.26. The van der Waals surface area contributed by atoms with Crippen molar-refractivity contribution in [2.24, 2.45) is 0 Å². The lowest BCUT2D eigenvalue weighted by molar-refractivity contribution is 1.05. The molecule has 0 bridgehead atoms. The Labute approximate surface area is 134 Å². The molecule has 3 nitrogen and oxygen atoms in total. The van der Waals surface area contributed by atoms with E-state index in [0.29, 0.717) is 6.42 Å². The smallest absolute Gasteiger partial charge is 0.140 e. The molecule has 0 radical (unpaired) electrons. The van der Waals surface area contributed by atoms with Gasteiger partial charge in [-0.1, -0.05) is 42.5 Å². The first-order valence-corrected chi connectivity index (χ1v) is 7.60. The van der Waals surface area contributed by atoms with Crippen LogP contribution in [0.2, 0.25) is 0 Å². The fraction of sp³-hybridized carbons (Fsp3) is 0.100. The minimum Gasteiger partial charge on any atom is -0.302 e. The third-order valence-electron chi connectivity index (χ3n) is 4.21. The molecule has 0 saturated carbocycles. The first kappa shape index (κ1) is 13.5. The number of pyridine rings is 1. The minimum atomic E-state index is 0.340. The van der Waals surface area contributed by atoms with Gasteiger partial charge in [0.2, 0.25) is 0 Å². The molecule has 3 heteroatoms. The zero-order valence-electron chi connectivity index (χ0n) is 12.8. The molecule has 0 aliphatic heterocycles. The molecule has 0 atom stereocenters. The molecule has 0 amide bonds. The molecule has 2 aromatic heterocycles. The summed E-state index contributed by atoms with van der Waals surface area (Å²) in [5, 5.41) is 11.6. The van der Waals surface area contributed by atoms with Crippen molar-refractivity contribution < 1.29 is 0 Å². The zero-order chi connectivity index (χ0) is 15.8. The van der Waals surface area contributed by atoms with Crippen LogP contribution in [0.1, 0.15) is 11.3 Å². The van der Waals surface area contributed by atoms with Gasteiger partial charge in [-0.05, 0) is 35.4 Å².